The van der Waals surface area contributed by atoms with Crippen LogP contribution in [-0.2, 0) is 30.4 Å². The molecule has 0 saturated carbocycles. The van der Waals surface area contributed by atoms with E-state index >= 15 is 0 Å². The standard InChI is InChI=1S/C19H21N7O6S2/c1-25-11-3-2-10(4-9(11)5-14(25)28)33-19-16-17(20)22-8-23-18(16)26(24-19)15-6-12(27)13(32-15)7-31-34(21,29)30/h2-4,8,12-13,15,27H,5-7H2,1H3,(H2,20,22,23)(H2,21,29,30)/t12-,13+,15+/m0/s1. The molecular weight excluding hydrogens is 486 g/mol. The van der Waals surface area contributed by atoms with Gasteiger partial charge in [-0.1, -0.05) is 11.8 Å². The summed E-state index contributed by atoms with van der Waals surface area (Å²) in [4.78, 5) is 22.9. The van der Waals surface area contributed by atoms with Crippen LogP contribution in [0.3, 0.4) is 0 Å². The molecule has 34 heavy (non-hydrogen) atoms. The minimum Gasteiger partial charge on any atom is -0.390 e. The normalized spacial score (nSPS) is 22.6. The molecule has 0 bridgehead atoms. The smallest absolute Gasteiger partial charge is 0.333 e. The van der Waals surface area contributed by atoms with E-state index in [-0.39, 0.29) is 18.1 Å². The Morgan fingerprint density at radius 2 is 2.15 bits per heavy atom. The van der Waals surface area contributed by atoms with Crippen LogP contribution in [0.5, 0.6) is 0 Å². The van der Waals surface area contributed by atoms with E-state index in [1.165, 1.54) is 22.8 Å². The maximum absolute atomic E-state index is 12.0. The van der Waals surface area contributed by atoms with E-state index in [4.69, 9.17) is 15.6 Å². The Morgan fingerprint density at radius 3 is 2.91 bits per heavy atom. The number of aromatic nitrogens is 4. The largest absolute Gasteiger partial charge is 0.390 e. The van der Waals surface area contributed by atoms with Crippen molar-refractivity contribution < 1.29 is 27.2 Å². The Hall–Kier alpha value is -2.82. The summed E-state index contributed by atoms with van der Waals surface area (Å²) in [5, 5.41) is 20.9. The minimum absolute atomic E-state index is 0.0300. The molecule has 4 heterocycles. The predicted molar refractivity (Wildman–Crippen MR) is 121 cm³/mol. The molecule has 0 aliphatic carbocycles. The zero-order chi connectivity index (χ0) is 24.2. The number of amides is 1. The lowest BCUT2D eigenvalue weighted by atomic mass is 10.2. The highest BCUT2D eigenvalue weighted by atomic mass is 32.2. The number of anilines is 2. The molecular formula is C19H21N7O6S2. The third-order valence-electron chi connectivity index (χ3n) is 5.70. The van der Waals surface area contributed by atoms with Crippen LogP contribution in [0.1, 0.15) is 18.2 Å². The SMILES string of the molecule is CN1C(=O)Cc2cc(Sc3nn([C@H]4C[C@H](O)[C@@H](COS(N)(=O)=O)O4)c4ncnc(N)c34)ccc21. The van der Waals surface area contributed by atoms with Gasteiger partial charge in [0.05, 0.1) is 24.5 Å². The highest BCUT2D eigenvalue weighted by molar-refractivity contribution is 7.99. The first-order chi connectivity index (χ1) is 16.1. The second-order valence-corrected chi connectivity index (χ2v) is 10.2. The molecule has 2 aliphatic heterocycles. The molecule has 1 saturated heterocycles. The Balaban J connectivity index is 1.45. The molecule has 15 heteroatoms. The number of fused-ring (bicyclic) bond motifs is 2. The van der Waals surface area contributed by atoms with Crippen LogP contribution >= 0.6 is 11.8 Å². The number of likely N-dealkylation sites (N-methyl/N-ethyl adjacent to an activating group) is 1. The van der Waals surface area contributed by atoms with E-state index in [1.54, 1.807) is 11.9 Å². The summed E-state index contributed by atoms with van der Waals surface area (Å²) in [7, 11) is -2.44. The maximum atomic E-state index is 12.0. The number of carbonyl (C=O) groups excluding carboxylic acids is 1. The summed E-state index contributed by atoms with van der Waals surface area (Å²) in [5.74, 6) is 0.255. The molecule has 3 aromatic rings. The van der Waals surface area contributed by atoms with Crippen molar-refractivity contribution in [3.8, 4) is 0 Å². The molecule has 13 nitrogen and oxygen atoms in total. The lowest BCUT2D eigenvalue weighted by Crippen LogP contribution is -2.30. The van der Waals surface area contributed by atoms with Gasteiger partial charge in [0.1, 0.15) is 23.3 Å². The number of nitrogens with zero attached hydrogens (tertiary/aromatic N) is 5. The van der Waals surface area contributed by atoms with Crippen molar-refractivity contribution in [3.05, 3.63) is 30.1 Å². The first-order valence-corrected chi connectivity index (χ1v) is 12.5. The monoisotopic (exact) mass is 507 g/mol. The van der Waals surface area contributed by atoms with E-state index < -0.39 is 35.3 Å². The first-order valence-electron chi connectivity index (χ1n) is 10.2. The predicted octanol–water partition coefficient (Wildman–Crippen LogP) is -0.0529. The number of aliphatic hydroxyl groups is 1. The van der Waals surface area contributed by atoms with Gasteiger partial charge in [-0.05, 0) is 23.8 Å². The topological polar surface area (TPSA) is 189 Å². The highest BCUT2D eigenvalue weighted by Crippen LogP contribution is 2.40. The zero-order valence-electron chi connectivity index (χ0n) is 17.9. The van der Waals surface area contributed by atoms with Crippen LogP contribution in [0, 0.1) is 0 Å². The Labute approximate surface area is 198 Å². The second-order valence-electron chi connectivity index (χ2n) is 7.94. The average Bonchev–Trinajstić information content (AvgIpc) is 3.40. The van der Waals surface area contributed by atoms with Crippen molar-refractivity contribution in [2.24, 2.45) is 5.14 Å². The van der Waals surface area contributed by atoms with E-state index in [9.17, 15) is 18.3 Å². The molecule has 1 aromatic carbocycles. The fraction of sp³-hybridized carbons (Fsp3) is 0.368. The number of hydrogen-bond donors (Lipinski definition) is 3. The lowest BCUT2D eigenvalue weighted by molar-refractivity contribution is -0.117. The van der Waals surface area contributed by atoms with Crippen molar-refractivity contribution in [1.82, 2.24) is 19.7 Å². The zero-order valence-corrected chi connectivity index (χ0v) is 19.5. The molecule has 0 radical (unpaired) electrons. The number of benzene rings is 1. The van der Waals surface area contributed by atoms with Crippen molar-refractivity contribution in [2.75, 3.05) is 24.3 Å². The quantitative estimate of drug-likeness (QED) is 0.405. The van der Waals surface area contributed by atoms with Crippen LogP contribution in [-0.4, -0.2) is 65.0 Å². The second kappa shape index (κ2) is 8.44. The fourth-order valence-corrected chi connectivity index (χ4v) is 5.34. The van der Waals surface area contributed by atoms with Gasteiger partial charge in [0.2, 0.25) is 5.91 Å². The third kappa shape index (κ3) is 4.21. The van der Waals surface area contributed by atoms with E-state index in [1.807, 2.05) is 18.2 Å². The Bertz CT molecular complexity index is 1400. The number of hydrogen-bond acceptors (Lipinski definition) is 11. The fourth-order valence-electron chi connectivity index (χ4n) is 4.03. The van der Waals surface area contributed by atoms with Gasteiger partial charge < -0.3 is 20.5 Å². The third-order valence-corrected chi connectivity index (χ3v) is 7.14. The lowest BCUT2D eigenvalue weighted by Gasteiger charge is -2.14. The molecule has 0 spiro atoms. The molecule has 1 fully saturated rings. The summed E-state index contributed by atoms with van der Waals surface area (Å²) in [5.41, 5.74) is 8.33. The molecule has 180 valence electrons. The molecule has 1 amide bonds. The van der Waals surface area contributed by atoms with Gasteiger partial charge in [0, 0.05) is 24.1 Å². The summed E-state index contributed by atoms with van der Waals surface area (Å²) >= 11 is 1.33. The number of nitrogen functional groups attached to an aromatic ring is 1. The van der Waals surface area contributed by atoms with Crippen LogP contribution in [0.25, 0.3) is 11.0 Å². The average molecular weight is 508 g/mol. The number of ether oxygens (including phenoxy) is 1. The molecule has 5 N–H and O–H groups in total. The summed E-state index contributed by atoms with van der Waals surface area (Å²) in [6.45, 7) is -0.434. The molecule has 2 aromatic heterocycles. The van der Waals surface area contributed by atoms with Gasteiger partial charge >= 0.3 is 10.3 Å². The van der Waals surface area contributed by atoms with Crippen LogP contribution in [0.15, 0.2) is 34.4 Å². The maximum Gasteiger partial charge on any atom is 0.333 e. The number of aliphatic hydroxyl groups excluding tert-OH is 1. The summed E-state index contributed by atoms with van der Waals surface area (Å²) in [6, 6.07) is 5.71. The minimum atomic E-state index is -4.18. The van der Waals surface area contributed by atoms with Gasteiger partial charge in [-0.15, -0.1) is 0 Å². The van der Waals surface area contributed by atoms with Crippen LogP contribution in [0.2, 0.25) is 0 Å². The molecule has 2 aliphatic rings. The van der Waals surface area contributed by atoms with Gasteiger partial charge in [-0.25, -0.2) is 19.8 Å². The van der Waals surface area contributed by atoms with Gasteiger partial charge in [0.15, 0.2) is 11.9 Å². The van der Waals surface area contributed by atoms with E-state index in [2.05, 4.69) is 19.2 Å². The highest BCUT2D eigenvalue weighted by Gasteiger charge is 2.38. The number of carbonyl (C=O) groups is 1. The van der Waals surface area contributed by atoms with Crippen molar-refractivity contribution >= 4 is 50.5 Å². The Morgan fingerprint density at radius 1 is 1.35 bits per heavy atom. The molecule has 3 atom stereocenters. The summed E-state index contributed by atoms with van der Waals surface area (Å²) in [6.07, 6.45) is -0.931. The number of rotatable bonds is 6. The van der Waals surface area contributed by atoms with E-state index in [0.717, 1.165) is 16.1 Å². The van der Waals surface area contributed by atoms with Crippen molar-refractivity contribution in [2.45, 2.75) is 41.2 Å². The molecule has 5 rings (SSSR count). The van der Waals surface area contributed by atoms with Gasteiger partial charge in [-0.2, -0.15) is 13.5 Å². The van der Waals surface area contributed by atoms with Gasteiger partial charge in [-0.3, -0.25) is 8.98 Å². The Kier molecular flexibility index (Phi) is 5.70. The molecule has 0 unspecified atom stereocenters. The first kappa shape index (κ1) is 22.9. The number of nitrogens with two attached hydrogens (primary N) is 2. The van der Waals surface area contributed by atoms with Crippen LogP contribution in [0.4, 0.5) is 11.5 Å². The van der Waals surface area contributed by atoms with Crippen molar-refractivity contribution in [1.29, 1.82) is 0 Å². The van der Waals surface area contributed by atoms with E-state index in [0.29, 0.717) is 22.5 Å². The summed E-state index contributed by atoms with van der Waals surface area (Å²) < 4.78 is 34.0. The van der Waals surface area contributed by atoms with Crippen molar-refractivity contribution in [3.63, 3.8) is 0 Å². The van der Waals surface area contributed by atoms with Crippen LogP contribution < -0.4 is 15.8 Å². The van der Waals surface area contributed by atoms with Gasteiger partial charge in [0.25, 0.3) is 0 Å².